The van der Waals surface area contributed by atoms with E-state index in [1.165, 1.54) is 18.2 Å². The molecule has 2 N–H and O–H groups in total. The van der Waals surface area contributed by atoms with Crippen molar-refractivity contribution < 1.29 is 27.8 Å². The number of carbonyl (C=O) groups is 1. The van der Waals surface area contributed by atoms with Crippen LogP contribution in [0.2, 0.25) is 0 Å². The average molecular weight is 359 g/mol. The lowest BCUT2D eigenvalue weighted by Crippen LogP contribution is -2.41. The van der Waals surface area contributed by atoms with E-state index in [-0.39, 0.29) is 43.1 Å². The molecule has 1 aromatic carbocycles. The van der Waals surface area contributed by atoms with Gasteiger partial charge in [-0.15, -0.1) is 13.2 Å². The van der Waals surface area contributed by atoms with Gasteiger partial charge < -0.3 is 15.2 Å². The first kappa shape index (κ1) is 19.6. The Bertz CT molecular complexity index is 563. The molecule has 2 atom stereocenters. The number of carbonyl (C=O) groups excluding carboxylic acids is 1. The predicted molar refractivity (Wildman–Crippen MR) is 87.0 cm³/mol. The lowest BCUT2D eigenvalue weighted by molar-refractivity contribution is -0.274. The van der Waals surface area contributed by atoms with Gasteiger partial charge in [0.05, 0.1) is 0 Å². The van der Waals surface area contributed by atoms with Crippen LogP contribution in [0, 0.1) is 5.92 Å². The van der Waals surface area contributed by atoms with Crippen LogP contribution >= 0.6 is 0 Å². The highest BCUT2D eigenvalue weighted by Crippen LogP contribution is 2.27. The van der Waals surface area contributed by atoms with Gasteiger partial charge in [0.25, 0.3) is 0 Å². The Morgan fingerprint density at radius 3 is 2.64 bits per heavy atom. The van der Waals surface area contributed by atoms with E-state index < -0.39 is 6.36 Å². The molecule has 0 aromatic heterocycles. The molecule has 0 unspecified atom stereocenters. The predicted octanol–water partition coefficient (Wildman–Crippen LogP) is 3.58. The third-order valence-electron chi connectivity index (χ3n) is 4.56. The fourth-order valence-corrected chi connectivity index (χ4v) is 3.25. The van der Waals surface area contributed by atoms with Crippen LogP contribution in [0.4, 0.5) is 13.2 Å². The lowest BCUT2D eigenvalue weighted by atomic mass is 9.95. The van der Waals surface area contributed by atoms with Gasteiger partial charge in [-0.3, -0.25) is 4.79 Å². The Balaban J connectivity index is 1.91. The molecule has 0 saturated heterocycles. The third kappa shape index (κ3) is 6.57. The summed E-state index contributed by atoms with van der Waals surface area (Å²) in [7, 11) is 0. The summed E-state index contributed by atoms with van der Waals surface area (Å²) >= 11 is 0. The molecule has 1 aliphatic rings. The molecule has 0 heterocycles. The summed E-state index contributed by atoms with van der Waals surface area (Å²) in [4.78, 5) is 12.2. The Kier molecular flexibility index (Phi) is 7.11. The van der Waals surface area contributed by atoms with E-state index in [1.54, 1.807) is 6.07 Å². The molecule has 0 radical (unpaired) electrons. The summed E-state index contributed by atoms with van der Waals surface area (Å²) in [6.07, 6.45) is 0.317. The number of aliphatic hydroxyl groups is 1. The van der Waals surface area contributed by atoms with Crippen molar-refractivity contribution in [2.75, 3.05) is 6.61 Å². The highest BCUT2D eigenvalue weighted by molar-refractivity contribution is 5.76. The van der Waals surface area contributed by atoms with E-state index >= 15 is 0 Å². The Labute approximate surface area is 145 Å². The lowest BCUT2D eigenvalue weighted by Gasteiger charge is -2.24. The van der Waals surface area contributed by atoms with Gasteiger partial charge >= 0.3 is 6.36 Å². The van der Waals surface area contributed by atoms with Crippen molar-refractivity contribution in [1.82, 2.24) is 5.32 Å². The van der Waals surface area contributed by atoms with Crippen LogP contribution < -0.4 is 10.1 Å². The van der Waals surface area contributed by atoms with Crippen LogP contribution in [0.3, 0.4) is 0 Å². The maximum absolute atomic E-state index is 12.4. The second kappa shape index (κ2) is 9.08. The van der Waals surface area contributed by atoms with Crippen molar-refractivity contribution in [2.24, 2.45) is 5.92 Å². The first-order valence-corrected chi connectivity index (χ1v) is 8.63. The van der Waals surface area contributed by atoms with E-state index in [2.05, 4.69) is 10.1 Å². The largest absolute Gasteiger partial charge is 0.573 e. The molecule has 2 rings (SSSR count). The smallest absolute Gasteiger partial charge is 0.406 e. The molecule has 1 aliphatic carbocycles. The van der Waals surface area contributed by atoms with Gasteiger partial charge in [0, 0.05) is 25.0 Å². The second-order valence-corrected chi connectivity index (χ2v) is 6.41. The highest BCUT2D eigenvalue weighted by Gasteiger charge is 2.32. The highest BCUT2D eigenvalue weighted by atomic mass is 19.4. The Morgan fingerprint density at radius 2 is 1.92 bits per heavy atom. The zero-order valence-corrected chi connectivity index (χ0v) is 14.0. The molecule has 1 amide bonds. The number of nitrogens with one attached hydrogen (secondary N) is 1. The third-order valence-corrected chi connectivity index (χ3v) is 4.56. The van der Waals surface area contributed by atoms with Gasteiger partial charge in [-0.1, -0.05) is 37.5 Å². The van der Waals surface area contributed by atoms with Crippen molar-refractivity contribution in [3.63, 3.8) is 0 Å². The maximum Gasteiger partial charge on any atom is 0.573 e. The quantitative estimate of drug-likeness (QED) is 0.764. The minimum Gasteiger partial charge on any atom is -0.406 e. The van der Waals surface area contributed by atoms with Gasteiger partial charge in [0.15, 0.2) is 0 Å². The van der Waals surface area contributed by atoms with Crippen LogP contribution in [-0.2, 0) is 11.2 Å². The first-order valence-electron chi connectivity index (χ1n) is 8.63. The number of aryl methyl sites for hydroxylation is 1. The van der Waals surface area contributed by atoms with Crippen molar-refractivity contribution >= 4 is 5.91 Å². The summed E-state index contributed by atoms with van der Waals surface area (Å²) in [5.41, 5.74) is 0.342. The second-order valence-electron chi connectivity index (χ2n) is 6.41. The molecular weight excluding hydrogens is 335 g/mol. The molecule has 1 fully saturated rings. The molecule has 25 heavy (non-hydrogen) atoms. The summed E-state index contributed by atoms with van der Waals surface area (Å²) in [5, 5.41) is 12.4. The normalized spacial score (nSPS) is 21.4. The summed E-state index contributed by atoms with van der Waals surface area (Å²) in [5.74, 6) is -0.440. The summed E-state index contributed by atoms with van der Waals surface area (Å²) < 4.78 is 41.3. The van der Waals surface area contributed by atoms with Crippen molar-refractivity contribution in [3.8, 4) is 5.75 Å². The van der Waals surface area contributed by atoms with Crippen LogP contribution in [0.25, 0.3) is 0 Å². The maximum atomic E-state index is 12.4. The number of hydrogen-bond acceptors (Lipinski definition) is 3. The summed E-state index contributed by atoms with van der Waals surface area (Å²) in [6.45, 7) is 0.0349. The van der Waals surface area contributed by atoms with Crippen molar-refractivity contribution in [2.45, 2.75) is 57.3 Å². The number of hydrogen-bond donors (Lipinski definition) is 2. The molecule has 4 nitrogen and oxygen atoms in total. The molecule has 0 aliphatic heterocycles. The SMILES string of the molecule is O=C(CCc1ccccc1OC(F)(F)F)N[C@@H]1CCCCC[C@H]1CO. The zero-order valence-electron chi connectivity index (χ0n) is 14.0. The fourth-order valence-electron chi connectivity index (χ4n) is 3.25. The Morgan fingerprint density at radius 1 is 1.20 bits per heavy atom. The van der Waals surface area contributed by atoms with Crippen molar-refractivity contribution in [3.05, 3.63) is 29.8 Å². The average Bonchev–Trinajstić information content (AvgIpc) is 2.77. The minimum atomic E-state index is -4.76. The van der Waals surface area contributed by atoms with Crippen LogP contribution in [0.1, 0.15) is 44.1 Å². The van der Waals surface area contributed by atoms with E-state index in [4.69, 9.17) is 0 Å². The molecule has 0 bridgehead atoms. The number of benzene rings is 1. The monoisotopic (exact) mass is 359 g/mol. The van der Waals surface area contributed by atoms with Crippen molar-refractivity contribution in [1.29, 1.82) is 0 Å². The number of amides is 1. The molecule has 1 saturated carbocycles. The molecule has 140 valence electrons. The first-order chi connectivity index (χ1) is 11.9. The van der Waals surface area contributed by atoms with E-state index in [1.807, 2.05) is 0 Å². The van der Waals surface area contributed by atoms with E-state index in [0.29, 0.717) is 5.56 Å². The number of alkyl halides is 3. The van der Waals surface area contributed by atoms with Gasteiger partial charge in [0.2, 0.25) is 5.91 Å². The number of rotatable bonds is 6. The van der Waals surface area contributed by atoms with E-state index in [0.717, 1.165) is 32.1 Å². The van der Waals surface area contributed by atoms with Crippen LogP contribution in [0.15, 0.2) is 24.3 Å². The topological polar surface area (TPSA) is 58.6 Å². The number of halogens is 3. The summed E-state index contributed by atoms with van der Waals surface area (Å²) in [6, 6.07) is 5.78. The zero-order chi connectivity index (χ0) is 18.3. The molecule has 1 aromatic rings. The van der Waals surface area contributed by atoms with Gasteiger partial charge in [-0.05, 0) is 30.9 Å². The standard InChI is InChI=1S/C18H24F3NO3/c19-18(20,21)25-16-9-5-4-6-13(16)10-11-17(24)22-15-8-3-1-2-7-14(15)12-23/h4-6,9,14-15,23H,1-3,7-8,10-12H2,(H,22,24)/t14-,15+/m0/s1. The number of ether oxygens (including phenoxy) is 1. The van der Waals surface area contributed by atoms with Gasteiger partial charge in [0.1, 0.15) is 5.75 Å². The number of aliphatic hydroxyl groups excluding tert-OH is 1. The minimum absolute atomic E-state index is 0.0349. The van der Waals surface area contributed by atoms with Crippen LogP contribution in [0.5, 0.6) is 5.75 Å². The molecular formula is C18H24F3NO3. The molecule has 0 spiro atoms. The van der Waals surface area contributed by atoms with E-state index in [9.17, 15) is 23.1 Å². The van der Waals surface area contributed by atoms with Gasteiger partial charge in [-0.25, -0.2) is 0 Å². The molecule has 7 heteroatoms. The Hall–Kier alpha value is -1.76. The van der Waals surface area contributed by atoms with Gasteiger partial charge in [-0.2, -0.15) is 0 Å². The fraction of sp³-hybridized carbons (Fsp3) is 0.611. The number of para-hydroxylation sites is 1. The van der Waals surface area contributed by atoms with Crippen LogP contribution in [-0.4, -0.2) is 30.0 Å².